The van der Waals surface area contributed by atoms with Crippen molar-refractivity contribution in [2.75, 3.05) is 0 Å². The van der Waals surface area contributed by atoms with Crippen molar-refractivity contribution in [3.63, 3.8) is 0 Å². The Hall–Kier alpha value is -2.67. The molecule has 0 atom stereocenters. The minimum absolute atomic E-state index is 0.132. The molecule has 0 radical (unpaired) electrons. The molecule has 0 saturated heterocycles. The lowest BCUT2D eigenvalue weighted by atomic mass is 9.77. The van der Waals surface area contributed by atoms with Gasteiger partial charge in [0.1, 0.15) is 10.6 Å². The van der Waals surface area contributed by atoms with Crippen LogP contribution in [0, 0.1) is 11.7 Å². The summed E-state index contributed by atoms with van der Waals surface area (Å²) in [4.78, 5) is 11.0. The summed E-state index contributed by atoms with van der Waals surface area (Å²) in [6, 6.07) is 5.88. The minimum Gasteiger partial charge on any atom is -0.481 e. The topological polar surface area (TPSA) is 91.7 Å². The van der Waals surface area contributed by atoms with Crippen LogP contribution in [0.15, 0.2) is 53.4 Å². The number of carboxylic acids is 1. The average Bonchev–Trinajstić information content (AvgIpc) is 2.77. The van der Waals surface area contributed by atoms with Gasteiger partial charge in [0.15, 0.2) is 9.84 Å². The fraction of sp³-hybridized carbons (Fsp3) is 0.409. The molecule has 5 nitrogen and oxygen atoms in total. The third kappa shape index (κ3) is 4.39. The van der Waals surface area contributed by atoms with E-state index in [2.05, 4.69) is 0 Å². The first-order valence-corrected chi connectivity index (χ1v) is 11.7. The Morgan fingerprint density at radius 2 is 1.31 bits per heavy atom. The van der Waals surface area contributed by atoms with Gasteiger partial charge in [-0.25, -0.2) is 12.8 Å². The van der Waals surface area contributed by atoms with E-state index < -0.39 is 55.8 Å². The molecule has 1 fully saturated rings. The summed E-state index contributed by atoms with van der Waals surface area (Å²) < 4.78 is 118. The molecule has 0 bridgehead atoms. The summed E-state index contributed by atoms with van der Waals surface area (Å²) in [5.74, 6) is -2.81. The second kappa shape index (κ2) is 8.77. The van der Waals surface area contributed by atoms with Gasteiger partial charge in [0.25, 0.3) is 5.60 Å². The van der Waals surface area contributed by atoms with Crippen molar-refractivity contribution in [1.29, 1.82) is 0 Å². The number of aliphatic hydroxyl groups is 1. The lowest BCUT2D eigenvalue weighted by Crippen LogP contribution is -2.54. The first-order chi connectivity index (χ1) is 16.0. The second-order valence-electron chi connectivity index (χ2n) is 8.35. The van der Waals surface area contributed by atoms with E-state index in [0.717, 1.165) is 36.4 Å². The molecule has 1 aliphatic rings. The van der Waals surface area contributed by atoms with Gasteiger partial charge in [-0.2, -0.15) is 26.3 Å². The van der Waals surface area contributed by atoms with Crippen LogP contribution >= 0.6 is 0 Å². The summed E-state index contributed by atoms with van der Waals surface area (Å²) in [7, 11) is -4.41. The zero-order chi connectivity index (χ0) is 26.4. The standard InChI is InChI=1S/C22H19F7O5S/c23-16-5-7-17(8-6-16)35(33,34)19(11-9-13(10-12-19)18(30)31)14-1-3-15(4-2-14)20(32,21(24,25)26)22(27,28)29/h1-8,13,32H,9-12H2,(H,30,31). The van der Waals surface area contributed by atoms with Gasteiger partial charge in [-0.3, -0.25) is 4.79 Å². The maximum absolute atomic E-state index is 13.6. The summed E-state index contributed by atoms with van der Waals surface area (Å²) >= 11 is 0. The van der Waals surface area contributed by atoms with Crippen molar-refractivity contribution >= 4 is 15.8 Å². The molecule has 35 heavy (non-hydrogen) atoms. The van der Waals surface area contributed by atoms with Gasteiger partial charge in [-0.15, -0.1) is 0 Å². The van der Waals surface area contributed by atoms with E-state index in [1.54, 1.807) is 0 Å². The molecule has 0 spiro atoms. The molecule has 2 N–H and O–H groups in total. The van der Waals surface area contributed by atoms with E-state index in [4.69, 9.17) is 0 Å². The van der Waals surface area contributed by atoms with Crippen LogP contribution in [0.25, 0.3) is 0 Å². The number of hydrogen-bond donors (Lipinski definition) is 2. The van der Waals surface area contributed by atoms with Gasteiger partial charge in [0, 0.05) is 5.56 Å². The van der Waals surface area contributed by atoms with Crippen LogP contribution in [0.3, 0.4) is 0 Å². The van der Waals surface area contributed by atoms with Gasteiger partial charge >= 0.3 is 18.3 Å². The Morgan fingerprint density at radius 3 is 1.71 bits per heavy atom. The molecule has 2 aromatic carbocycles. The smallest absolute Gasteiger partial charge is 0.430 e. The largest absolute Gasteiger partial charge is 0.481 e. The number of aliphatic carboxylic acids is 1. The molecule has 1 aliphatic carbocycles. The third-order valence-electron chi connectivity index (χ3n) is 6.43. The first-order valence-electron chi connectivity index (χ1n) is 10.2. The van der Waals surface area contributed by atoms with E-state index in [1.165, 1.54) is 0 Å². The maximum atomic E-state index is 13.6. The zero-order valence-electron chi connectivity index (χ0n) is 17.7. The van der Waals surface area contributed by atoms with Gasteiger partial charge < -0.3 is 10.2 Å². The number of benzene rings is 2. The Labute approximate surface area is 195 Å². The number of sulfone groups is 1. The monoisotopic (exact) mass is 528 g/mol. The molecule has 192 valence electrons. The van der Waals surface area contributed by atoms with E-state index in [0.29, 0.717) is 12.1 Å². The molecule has 13 heteroatoms. The van der Waals surface area contributed by atoms with E-state index in [9.17, 15) is 54.2 Å². The van der Waals surface area contributed by atoms with E-state index in [1.807, 2.05) is 0 Å². The van der Waals surface area contributed by atoms with Crippen LogP contribution in [0.2, 0.25) is 0 Å². The Morgan fingerprint density at radius 1 is 0.857 bits per heavy atom. The third-order valence-corrected chi connectivity index (χ3v) is 9.00. The van der Waals surface area contributed by atoms with Crippen LogP contribution in [-0.4, -0.2) is 37.0 Å². The SMILES string of the molecule is O=C(O)C1CCC(c2ccc(C(O)(C(F)(F)F)C(F)(F)F)cc2)(S(=O)(=O)c2ccc(F)cc2)CC1. The van der Waals surface area contributed by atoms with Crippen molar-refractivity contribution in [3.8, 4) is 0 Å². The summed E-state index contributed by atoms with van der Waals surface area (Å²) in [6.07, 6.45) is -13.1. The molecule has 3 rings (SSSR count). The summed E-state index contributed by atoms with van der Waals surface area (Å²) in [5, 5.41) is 18.9. The molecule has 0 aromatic heterocycles. The van der Waals surface area contributed by atoms with Gasteiger partial charge in [-0.05, 0) is 55.5 Å². The van der Waals surface area contributed by atoms with Crippen LogP contribution in [-0.2, 0) is 25.0 Å². The van der Waals surface area contributed by atoms with Gasteiger partial charge in [0.2, 0.25) is 0 Å². The fourth-order valence-electron chi connectivity index (χ4n) is 4.39. The molecular formula is C22H19F7O5S. The number of rotatable bonds is 5. The highest BCUT2D eigenvalue weighted by atomic mass is 32.2. The van der Waals surface area contributed by atoms with Crippen LogP contribution in [0.4, 0.5) is 30.7 Å². The maximum Gasteiger partial charge on any atom is 0.430 e. The van der Waals surface area contributed by atoms with Gasteiger partial charge in [-0.1, -0.05) is 24.3 Å². The van der Waals surface area contributed by atoms with Crippen LogP contribution in [0.5, 0.6) is 0 Å². The van der Waals surface area contributed by atoms with Crippen molar-refractivity contribution in [1.82, 2.24) is 0 Å². The van der Waals surface area contributed by atoms with Crippen molar-refractivity contribution < 1.29 is 54.2 Å². The summed E-state index contributed by atoms with van der Waals surface area (Å²) in [6.45, 7) is 0. The number of alkyl halides is 6. The normalized spacial score (nSPS) is 22.1. The molecule has 0 aliphatic heterocycles. The van der Waals surface area contributed by atoms with E-state index in [-0.39, 0.29) is 36.1 Å². The zero-order valence-corrected chi connectivity index (χ0v) is 18.5. The number of hydrogen-bond acceptors (Lipinski definition) is 4. The predicted octanol–water partition coefficient (Wildman–Crippen LogP) is 5.08. The molecule has 0 amide bonds. The molecule has 2 aromatic rings. The lowest BCUT2D eigenvalue weighted by Gasteiger charge is -2.39. The summed E-state index contributed by atoms with van der Waals surface area (Å²) in [5.41, 5.74) is -6.93. The van der Waals surface area contributed by atoms with Crippen LogP contribution < -0.4 is 0 Å². The van der Waals surface area contributed by atoms with Gasteiger partial charge in [0.05, 0.1) is 10.8 Å². The highest BCUT2D eigenvalue weighted by Crippen LogP contribution is 2.52. The molecular weight excluding hydrogens is 509 g/mol. The second-order valence-corrected chi connectivity index (χ2v) is 10.6. The Balaban J connectivity index is 2.15. The number of carbonyl (C=O) groups is 1. The predicted molar refractivity (Wildman–Crippen MR) is 107 cm³/mol. The highest BCUT2D eigenvalue weighted by molar-refractivity contribution is 7.92. The highest BCUT2D eigenvalue weighted by Gasteiger charge is 2.71. The Kier molecular flexibility index (Phi) is 6.75. The minimum atomic E-state index is -6.12. The van der Waals surface area contributed by atoms with Crippen LogP contribution in [0.1, 0.15) is 36.8 Å². The molecule has 0 unspecified atom stereocenters. The Bertz CT molecular complexity index is 1160. The molecule has 1 saturated carbocycles. The molecule has 0 heterocycles. The van der Waals surface area contributed by atoms with Crippen molar-refractivity contribution in [2.45, 2.75) is 53.3 Å². The lowest BCUT2D eigenvalue weighted by molar-refractivity contribution is -0.376. The quantitative estimate of drug-likeness (QED) is 0.417. The first kappa shape index (κ1) is 26.9. The fourth-order valence-corrected chi connectivity index (χ4v) is 6.55. The van der Waals surface area contributed by atoms with Crippen molar-refractivity contribution in [3.05, 3.63) is 65.5 Å². The average molecular weight is 528 g/mol. The number of halogens is 7. The van der Waals surface area contributed by atoms with Crippen molar-refractivity contribution in [2.24, 2.45) is 5.92 Å². The number of carboxylic acid groups (broad SMARTS) is 1. The van der Waals surface area contributed by atoms with E-state index >= 15 is 0 Å².